The predicted octanol–water partition coefficient (Wildman–Crippen LogP) is 3.55. The number of unbranched alkanes of at least 4 members (excludes halogenated alkanes) is 3. The van der Waals surface area contributed by atoms with E-state index in [1.807, 2.05) is 12.1 Å². The minimum atomic E-state index is 0.668. The third kappa shape index (κ3) is 7.87. The van der Waals surface area contributed by atoms with Gasteiger partial charge in [0.1, 0.15) is 5.76 Å². The van der Waals surface area contributed by atoms with Gasteiger partial charge in [-0.15, -0.1) is 0 Å². The molecule has 0 atom stereocenters. The van der Waals surface area contributed by atoms with Crippen LogP contribution in [0.4, 0.5) is 0 Å². The second kappa shape index (κ2) is 10.4. The zero-order valence-electron chi connectivity index (χ0n) is 13.1. The molecule has 2 N–H and O–H groups in total. The van der Waals surface area contributed by atoms with Crippen molar-refractivity contribution < 1.29 is 4.42 Å². The largest absolute Gasteiger partial charge is 0.467 e. The molecule has 0 aliphatic rings. The van der Waals surface area contributed by atoms with E-state index in [0.717, 1.165) is 24.2 Å². The van der Waals surface area contributed by atoms with Gasteiger partial charge in [0.2, 0.25) is 0 Å². The van der Waals surface area contributed by atoms with Gasteiger partial charge in [-0.1, -0.05) is 39.5 Å². The summed E-state index contributed by atoms with van der Waals surface area (Å²) in [5.74, 6) is 2.59. The SMILES string of the molecule is CN=C(NCCCCCCC(C)C)NCc1ccco1. The monoisotopic (exact) mass is 279 g/mol. The van der Waals surface area contributed by atoms with E-state index in [-0.39, 0.29) is 0 Å². The lowest BCUT2D eigenvalue weighted by molar-refractivity contribution is 0.500. The van der Waals surface area contributed by atoms with Crippen LogP contribution in [0.2, 0.25) is 0 Å². The van der Waals surface area contributed by atoms with Crippen molar-refractivity contribution in [2.45, 2.75) is 52.5 Å². The zero-order chi connectivity index (χ0) is 14.6. The van der Waals surface area contributed by atoms with Crippen LogP contribution < -0.4 is 10.6 Å². The molecule has 0 aromatic carbocycles. The standard InChI is InChI=1S/C16H29N3O/c1-14(2)9-6-4-5-7-11-18-16(17-3)19-13-15-10-8-12-20-15/h8,10,12,14H,4-7,9,11,13H2,1-3H3,(H2,17,18,19). The Hall–Kier alpha value is -1.45. The van der Waals surface area contributed by atoms with Crippen molar-refractivity contribution >= 4 is 5.96 Å². The summed E-state index contributed by atoms with van der Waals surface area (Å²) in [5, 5.41) is 6.56. The average Bonchev–Trinajstić information content (AvgIpc) is 2.94. The first-order chi connectivity index (χ1) is 9.72. The molecule has 0 fully saturated rings. The lowest BCUT2D eigenvalue weighted by atomic mass is 10.0. The van der Waals surface area contributed by atoms with Crippen molar-refractivity contribution in [3.05, 3.63) is 24.2 Å². The predicted molar refractivity (Wildman–Crippen MR) is 84.8 cm³/mol. The van der Waals surface area contributed by atoms with Gasteiger partial charge in [-0.05, 0) is 24.5 Å². The summed E-state index contributed by atoms with van der Waals surface area (Å²) in [6.07, 6.45) is 8.19. The molecular weight excluding hydrogens is 250 g/mol. The highest BCUT2D eigenvalue weighted by Crippen LogP contribution is 2.08. The first-order valence-electron chi connectivity index (χ1n) is 7.69. The summed E-state index contributed by atoms with van der Waals surface area (Å²) >= 11 is 0. The van der Waals surface area contributed by atoms with E-state index in [4.69, 9.17) is 4.42 Å². The Balaban J connectivity index is 2.01. The maximum Gasteiger partial charge on any atom is 0.191 e. The normalized spacial score (nSPS) is 11.9. The van der Waals surface area contributed by atoms with Gasteiger partial charge in [-0.2, -0.15) is 0 Å². The van der Waals surface area contributed by atoms with Crippen LogP contribution in [0.3, 0.4) is 0 Å². The minimum Gasteiger partial charge on any atom is -0.467 e. The van der Waals surface area contributed by atoms with Gasteiger partial charge in [-0.3, -0.25) is 4.99 Å². The summed E-state index contributed by atoms with van der Waals surface area (Å²) in [4.78, 5) is 4.20. The smallest absolute Gasteiger partial charge is 0.191 e. The van der Waals surface area contributed by atoms with E-state index < -0.39 is 0 Å². The molecule has 0 saturated heterocycles. The van der Waals surface area contributed by atoms with Gasteiger partial charge in [0.15, 0.2) is 5.96 Å². The summed E-state index contributed by atoms with van der Waals surface area (Å²) in [6, 6.07) is 3.85. The fraction of sp³-hybridized carbons (Fsp3) is 0.688. The highest BCUT2D eigenvalue weighted by atomic mass is 16.3. The fourth-order valence-corrected chi connectivity index (χ4v) is 2.04. The second-order valence-corrected chi connectivity index (χ2v) is 5.53. The second-order valence-electron chi connectivity index (χ2n) is 5.53. The molecule has 0 unspecified atom stereocenters. The molecule has 1 aromatic heterocycles. The van der Waals surface area contributed by atoms with Gasteiger partial charge >= 0.3 is 0 Å². The number of rotatable bonds is 9. The molecule has 0 saturated carbocycles. The van der Waals surface area contributed by atoms with Gasteiger partial charge in [0, 0.05) is 13.6 Å². The third-order valence-corrected chi connectivity index (χ3v) is 3.23. The molecule has 4 heteroatoms. The van der Waals surface area contributed by atoms with E-state index in [2.05, 4.69) is 29.5 Å². The Kier molecular flexibility index (Phi) is 8.59. The van der Waals surface area contributed by atoms with Crippen molar-refractivity contribution in [1.29, 1.82) is 0 Å². The minimum absolute atomic E-state index is 0.668. The molecule has 0 radical (unpaired) electrons. The summed E-state index contributed by atoms with van der Waals surface area (Å²) in [6.45, 7) is 6.22. The highest BCUT2D eigenvalue weighted by molar-refractivity contribution is 5.79. The molecule has 1 rings (SSSR count). The Labute approximate surface area is 123 Å². The molecule has 0 aliphatic heterocycles. The van der Waals surface area contributed by atoms with Crippen LogP contribution in [0, 0.1) is 5.92 Å². The van der Waals surface area contributed by atoms with Gasteiger partial charge in [0.25, 0.3) is 0 Å². The number of nitrogens with one attached hydrogen (secondary N) is 2. The van der Waals surface area contributed by atoms with E-state index in [1.165, 1.54) is 32.1 Å². The number of aliphatic imine (C=N–C) groups is 1. The Morgan fingerprint density at radius 1 is 1.20 bits per heavy atom. The van der Waals surface area contributed by atoms with Gasteiger partial charge in [0.05, 0.1) is 12.8 Å². The molecule has 1 aromatic rings. The fourth-order valence-electron chi connectivity index (χ4n) is 2.04. The average molecular weight is 279 g/mol. The van der Waals surface area contributed by atoms with Crippen molar-refractivity contribution in [1.82, 2.24) is 10.6 Å². The molecular formula is C16H29N3O. The number of guanidine groups is 1. The number of furan rings is 1. The molecule has 0 spiro atoms. The van der Waals surface area contributed by atoms with Crippen molar-refractivity contribution in [2.75, 3.05) is 13.6 Å². The van der Waals surface area contributed by atoms with Crippen molar-refractivity contribution in [3.8, 4) is 0 Å². The summed E-state index contributed by atoms with van der Waals surface area (Å²) in [7, 11) is 1.79. The maximum absolute atomic E-state index is 5.27. The first-order valence-corrected chi connectivity index (χ1v) is 7.69. The molecule has 0 amide bonds. The van der Waals surface area contributed by atoms with E-state index in [0.29, 0.717) is 6.54 Å². The van der Waals surface area contributed by atoms with E-state index in [1.54, 1.807) is 13.3 Å². The van der Waals surface area contributed by atoms with E-state index >= 15 is 0 Å². The Bertz CT molecular complexity index is 358. The molecule has 0 aliphatic carbocycles. The van der Waals surface area contributed by atoms with Crippen LogP contribution in [0.25, 0.3) is 0 Å². The number of hydrogen-bond acceptors (Lipinski definition) is 2. The van der Waals surface area contributed by atoms with Crippen molar-refractivity contribution in [3.63, 3.8) is 0 Å². The van der Waals surface area contributed by atoms with Crippen LogP contribution in [0.5, 0.6) is 0 Å². The Morgan fingerprint density at radius 3 is 2.65 bits per heavy atom. The lowest BCUT2D eigenvalue weighted by Gasteiger charge is -2.11. The third-order valence-electron chi connectivity index (χ3n) is 3.23. The van der Waals surface area contributed by atoms with Crippen LogP contribution in [0.1, 0.15) is 51.7 Å². The maximum atomic E-state index is 5.27. The quantitative estimate of drug-likeness (QED) is 0.413. The molecule has 20 heavy (non-hydrogen) atoms. The molecule has 114 valence electrons. The van der Waals surface area contributed by atoms with Crippen LogP contribution in [-0.4, -0.2) is 19.6 Å². The van der Waals surface area contributed by atoms with Gasteiger partial charge in [-0.25, -0.2) is 0 Å². The van der Waals surface area contributed by atoms with E-state index in [9.17, 15) is 0 Å². The zero-order valence-corrected chi connectivity index (χ0v) is 13.1. The number of hydrogen-bond donors (Lipinski definition) is 2. The Morgan fingerprint density at radius 2 is 2.00 bits per heavy atom. The first kappa shape index (κ1) is 16.6. The summed E-state index contributed by atoms with van der Waals surface area (Å²) < 4.78 is 5.27. The van der Waals surface area contributed by atoms with Crippen molar-refractivity contribution in [2.24, 2.45) is 10.9 Å². The highest BCUT2D eigenvalue weighted by Gasteiger charge is 1.99. The van der Waals surface area contributed by atoms with Crippen LogP contribution >= 0.6 is 0 Å². The number of nitrogens with zero attached hydrogens (tertiary/aromatic N) is 1. The molecule has 0 bridgehead atoms. The van der Waals surface area contributed by atoms with Crippen LogP contribution in [-0.2, 0) is 6.54 Å². The van der Waals surface area contributed by atoms with Crippen LogP contribution in [0.15, 0.2) is 27.8 Å². The summed E-state index contributed by atoms with van der Waals surface area (Å²) in [5.41, 5.74) is 0. The molecule has 4 nitrogen and oxygen atoms in total. The molecule has 1 heterocycles. The topological polar surface area (TPSA) is 49.6 Å². The lowest BCUT2D eigenvalue weighted by Crippen LogP contribution is -2.37. The van der Waals surface area contributed by atoms with Gasteiger partial charge < -0.3 is 15.1 Å².